The Morgan fingerprint density at radius 2 is 1.54 bits per heavy atom. The lowest BCUT2D eigenvalue weighted by molar-refractivity contribution is -0.122. The fraction of sp³-hybridized carbons (Fsp3) is 0.174. The number of hydrogen-bond donors (Lipinski definition) is 1. The van der Waals surface area contributed by atoms with Crippen molar-refractivity contribution in [1.82, 2.24) is 5.32 Å². The second kappa shape index (κ2) is 7.44. The van der Waals surface area contributed by atoms with E-state index in [9.17, 15) is 4.79 Å². The maximum absolute atomic E-state index is 13.2. The van der Waals surface area contributed by atoms with E-state index in [0.717, 1.165) is 29.8 Å². The Morgan fingerprint density at radius 1 is 0.885 bits per heavy atom. The lowest BCUT2D eigenvalue weighted by Gasteiger charge is -2.30. The van der Waals surface area contributed by atoms with Crippen molar-refractivity contribution in [3.63, 3.8) is 0 Å². The topological polar surface area (TPSA) is 32.3 Å². The molecule has 1 aliphatic rings. The second-order valence-corrected chi connectivity index (χ2v) is 6.59. The second-order valence-electron chi connectivity index (χ2n) is 6.59. The molecule has 0 saturated carbocycles. The monoisotopic (exact) mass is 342 g/mol. The van der Waals surface area contributed by atoms with Crippen LogP contribution >= 0.6 is 0 Å². The van der Waals surface area contributed by atoms with Crippen molar-refractivity contribution >= 4 is 11.6 Å². The Balaban J connectivity index is 1.61. The number of anilines is 1. The van der Waals surface area contributed by atoms with Gasteiger partial charge in [-0.1, -0.05) is 78.9 Å². The number of amides is 1. The van der Waals surface area contributed by atoms with Crippen LogP contribution in [-0.4, -0.2) is 12.5 Å². The van der Waals surface area contributed by atoms with Crippen molar-refractivity contribution in [3.05, 3.63) is 102 Å². The van der Waals surface area contributed by atoms with Gasteiger partial charge in [0.05, 0.1) is 0 Å². The van der Waals surface area contributed by atoms with Crippen LogP contribution in [0.25, 0.3) is 0 Å². The minimum Gasteiger partial charge on any atom is -0.355 e. The summed E-state index contributed by atoms with van der Waals surface area (Å²) in [6.45, 7) is 1.40. The molecule has 1 aliphatic heterocycles. The summed E-state index contributed by atoms with van der Waals surface area (Å²) in [6, 6.07) is 28.1. The molecule has 1 amide bonds. The van der Waals surface area contributed by atoms with E-state index in [4.69, 9.17) is 0 Å². The van der Waals surface area contributed by atoms with Crippen LogP contribution in [0, 0.1) is 0 Å². The van der Waals surface area contributed by atoms with E-state index >= 15 is 0 Å². The highest BCUT2D eigenvalue weighted by Gasteiger charge is 2.31. The summed E-state index contributed by atoms with van der Waals surface area (Å²) in [4.78, 5) is 15.4. The number of benzene rings is 3. The fourth-order valence-corrected chi connectivity index (χ4v) is 3.62. The summed E-state index contributed by atoms with van der Waals surface area (Å²) in [5, 5.41) is 3.12. The van der Waals surface area contributed by atoms with Gasteiger partial charge in [0.1, 0.15) is 6.04 Å². The molecule has 3 aromatic carbocycles. The van der Waals surface area contributed by atoms with E-state index in [0.29, 0.717) is 6.54 Å². The molecule has 0 radical (unpaired) electrons. The van der Waals surface area contributed by atoms with Crippen LogP contribution in [0.5, 0.6) is 0 Å². The van der Waals surface area contributed by atoms with Crippen molar-refractivity contribution in [2.75, 3.05) is 11.4 Å². The van der Waals surface area contributed by atoms with Crippen LogP contribution < -0.4 is 10.2 Å². The van der Waals surface area contributed by atoms with Crippen LogP contribution in [0.4, 0.5) is 5.69 Å². The van der Waals surface area contributed by atoms with Crippen molar-refractivity contribution < 1.29 is 4.79 Å². The van der Waals surface area contributed by atoms with Gasteiger partial charge < -0.3 is 10.2 Å². The van der Waals surface area contributed by atoms with Crippen molar-refractivity contribution in [2.24, 2.45) is 0 Å². The van der Waals surface area contributed by atoms with E-state index in [1.54, 1.807) is 0 Å². The Morgan fingerprint density at radius 3 is 2.31 bits per heavy atom. The van der Waals surface area contributed by atoms with Gasteiger partial charge in [0.15, 0.2) is 0 Å². The van der Waals surface area contributed by atoms with E-state index < -0.39 is 0 Å². The quantitative estimate of drug-likeness (QED) is 0.757. The van der Waals surface area contributed by atoms with Gasteiger partial charge in [-0.25, -0.2) is 0 Å². The number of hydrogen-bond acceptors (Lipinski definition) is 2. The summed E-state index contributed by atoms with van der Waals surface area (Å²) in [5.41, 5.74) is 4.60. The van der Waals surface area contributed by atoms with Gasteiger partial charge in [0, 0.05) is 18.8 Å². The lowest BCUT2D eigenvalue weighted by Crippen LogP contribution is -2.39. The summed E-state index contributed by atoms with van der Waals surface area (Å²) in [6.07, 6.45) is 0.978. The van der Waals surface area contributed by atoms with E-state index in [2.05, 4.69) is 28.4 Å². The van der Waals surface area contributed by atoms with Crippen LogP contribution in [0.15, 0.2) is 84.9 Å². The first-order valence-electron chi connectivity index (χ1n) is 9.04. The Hall–Kier alpha value is -3.07. The third-order valence-corrected chi connectivity index (χ3v) is 4.91. The van der Waals surface area contributed by atoms with Gasteiger partial charge >= 0.3 is 0 Å². The number of nitrogens with zero attached hydrogens (tertiary/aromatic N) is 1. The van der Waals surface area contributed by atoms with Gasteiger partial charge in [0.25, 0.3) is 0 Å². The predicted molar refractivity (Wildman–Crippen MR) is 105 cm³/mol. The Bertz CT molecular complexity index is 877. The standard InChI is InChI=1S/C23H22N2O/c26-23(24-17-18-9-3-1-4-10-18)22(20-12-5-2-6-13-20)25-16-15-19-11-7-8-14-21(19)25/h1-14,22H,15-17H2,(H,24,26). The first kappa shape index (κ1) is 16.4. The summed E-state index contributed by atoms with van der Waals surface area (Å²) >= 11 is 0. The zero-order valence-corrected chi connectivity index (χ0v) is 14.6. The third kappa shape index (κ3) is 3.33. The van der Waals surface area contributed by atoms with Crippen LogP contribution in [-0.2, 0) is 17.8 Å². The molecule has 0 aromatic heterocycles. The molecule has 1 heterocycles. The number of fused-ring (bicyclic) bond motifs is 1. The molecular weight excluding hydrogens is 320 g/mol. The largest absolute Gasteiger partial charge is 0.355 e. The van der Waals surface area contributed by atoms with Gasteiger partial charge in [-0.2, -0.15) is 0 Å². The van der Waals surface area contributed by atoms with Gasteiger partial charge in [-0.15, -0.1) is 0 Å². The molecule has 0 spiro atoms. The zero-order chi connectivity index (χ0) is 17.8. The van der Waals surface area contributed by atoms with E-state index in [1.807, 2.05) is 66.7 Å². The molecule has 0 fully saturated rings. The zero-order valence-electron chi connectivity index (χ0n) is 14.6. The summed E-state index contributed by atoms with van der Waals surface area (Å²) < 4.78 is 0. The fourth-order valence-electron chi connectivity index (χ4n) is 3.62. The van der Waals surface area contributed by atoms with Crippen molar-refractivity contribution in [2.45, 2.75) is 19.0 Å². The summed E-state index contributed by atoms with van der Waals surface area (Å²) in [7, 11) is 0. The van der Waals surface area contributed by atoms with Crippen molar-refractivity contribution in [1.29, 1.82) is 0 Å². The third-order valence-electron chi connectivity index (χ3n) is 4.91. The van der Waals surface area contributed by atoms with Gasteiger partial charge in [0.2, 0.25) is 5.91 Å². The number of rotatable bonds is 5. The Labute approximate surface area is 154 Å². The highest BCUT2D eigenvalue weighted by atomic mass is 16.2. The maximum atomic E-state index is 13.2. The average molecular weight is 342 g/mol. The van der Waals surface area contributed by atoms with Crippen LogP contribution in [0.2, 0.25) is 0 Å². The molecule has 3 nitrogen and oxygen atoms in total. The van der Waals surface area contributed by atoms with Gasteiger partial charge in [-0.3, -0.25) is 4.79 Å². The molecule has 3 heteroatoms. The molecule has 0 bridgehead atoms. The molecule has 0 saturated heterocycles. The predicted octanol–water partition coefficient (Wildman–Crippen LogP) is 4.11. The molecule has 130 valence electrons. The van der Waals surface area contributed by atoms with Crippen LogP contribution in [0.1, 0.15) is 22.7 Å². The lowest BCUT2D eigenvalue weighted by atomic mass is 10.0. The number of carbonyl (C=O) groups is 1. The molecule has 26 heavy (non-hydrogen) atoms. The minimum absolute atomic E-state index is 0.0387. The van der Waals surface area contributed by atoms with Crippen molar-refractivity contribution in [3.8, 4) is 0 Å². The Kier molecular flexibility index (Phi) is 4.69. The molecule has 0 aliphatic carbocycles. The van der Waals surface area contributed by atoms with Gasteiger partial charge in [-0.05, 0) is 29.2 Å². The number of para-hydroxylation sites is 1. The highest BCUT2D eigenvalue weighted by molar-refractivity contribution is 5.87. The van der Waals surface area contributed by atoms with Crippen LogP contribution in [0.3, 0.4) is 0 Å². The first-order valence-corrected chi connectivity index (χ1v) is 9.04. The average Bonchev–Trinajstić information content (AvgIpc) is 3.12. The molecule has 3 aromatic rings. The molecule has 4 rings (SSSR count). The smallest absolute Gasteiger partial charge is 0.247 e. The normalized spacial score (nSPS) is 13.9. The van der Waals surface area contributed by atoms with E-state index in [-0.39, 0.29) is 11.9 Å². The molecule has 1 unspecified atom stereocenters. The maximum Gasteiger partial charge on any atom is 0.247 e. The SMILES string of the molecule is O=C(NCc1ccccc1)C(c1ccccc1)N1CCc2ccccc21. The number of carbonyl (C=O) groups excluding carboxylic acids is 1. The molecule has 1 atom stereocenters. The summed E-state index contributed by atoms with van der Waals surface area (Å²) in [5.74, 6) is 0.0387. The molecule has 1 N–H and O–H groups in total. The highest BCUT2D eigenvalue weighted by Crippen LogP contribution is 2.35. The minimum atomic E-state index is -0.316. The number of nitrogens with one attached hydrogen (secondary N) is 1. The molecular formula is C23H22N2O. The first-order chi connectivity index (χ1) is 12.8. The van der Waals surface area contributed by atoms with E-state index in [1.165, 1.54) is 5.56 Å².